The fourth-order valence-corrected chi connectivity index (χ4v) is 4.62. The molecular weight excluding hydrogens is 440 g/mol. The van der Waals surface area contributed by atoms with Crippen molar-refractivity contribution < 1.29 is 28.7 Å². The highest BCUT2D eigenvalue weighted by Crippen LogP contribution is 2.21. The van der Waals surface area contributed by atoms with E-state index in [1.165, 1.54) is 12.3 Å². The van der Waals surface area contributed by atoms with Crippen LogP contribution in [-0.4, -0.2) is 56.9 Å². The third kappa shape index (κ3) is 6.07. The average Bonchev–Trinajstić information content (AvgIpc) is 3.09. The lowest BCUT2D eigenvalue weighted by Crippen LogP contribution is -2.43. The van der Waals surface area contributed by atoms with Gasteiger partial charge >= 0.3 is 6.09 Å². The summed E-state index contributed by atoms with van der Waals surface area (Å²) in [5.74, 6) is -0.830. The maximum Gasteiger partial charge on any atom is 0.417 e. The Labute approximate surface area is 193 Å². The summed E-state index contributed by atoms with van der Waals surface area (Å²) >= 11 is 0. The van der Waals surface area contributed by atoms with Crippen LogP contribution in [-0.2, 0) is 25.5 Å². The zero-order valence-electron chi connectivity index (χ0n) is 19.2. The number of amides is 3. The Bertz CT molecular complexity index is 1030. The number of methoxy groups -OCH3 is 1. The summed E-state index contributed by atoms with van der Waals surface area (Å²) in [4.78, 5) is 50.0. The Morgan fingerprint density at radius 1 is 1.06 bits per heavy atom. The first kappa shape index (κ1) is 24.2. The van der Waals surface area contributed by atoms with Gasteiger partial charge in [0.15, 0.2) is 12.4 Å². The molecule has 1 aliphatic rings. The molecule has 1 unspecified atom stereocenters. The lowest BCUT2D eigenvalue weighted by molar-refractivity contribution is -0.132. The summed E-state index contributed by atoms with van der Waals surface area (Å²) in [7, 11) is 0.0828. The SMILES string of the molecule is COc1ccc(C(NC(=O)CN2C(=O)COC2=O)C(=O)Cc2ccc([Si](C)(C)C)cc2)cc1. The highest BCUT2D eigenvalue weighted by Gasteiger charge is 2.33. The summed E-state index contributed by atoms with van der Waals surface area (Å²) in [6.07, 6.45) is -0.752. The van der Waals surface area contributed by atoms with Crippen molar-refractivity contribution in [3.63, 3.8) is 0 Å². The molecule has 8 nitrogen and oxygen atoms in total. The summed E-state index contributed by atoms with van der Waals surface area (Å²) in [6.45, 7) is 5.86. The van der Waals surface area contributed by atoms with Crippen LogP contribution >= 0.6 is 0 Å². The predicted molar refractivity (Wildman–Crippen MR) is 125 cm³/mol. The van der Waals surface area contributed by atoms with Crippen LogP contribution in [0.4, 0.5) is 4.79 Å². The number of carbonyl (C=O) groups is 4. The zero-order valence-corrected chi connectivity index (χ0v) is 20.2. The number of imide groups is 1. The maximum absolute atomic E-state index is 13.2. The van der Waals surface area contributed by atoms with Crippen molar-refractivity contribution in [2.24, 2.45) is 0 Å². The van der Waals surface area contributed by atoms with Gasteiger partial charge in [-0.05, 0) is 23.3 Å². The number of hydrogen-bond acceptors (Lipinski definition) is 6. The van der Waals surface area contributed by atoms with Crippen molar-refractivity contribution in [3.8, 4) is 5.75 Å². The molecular formula is C24H28N2O6Si. The van der Waals surface area contributed by atoms with E-state index in [0.717, 1.165) is 10.5 Å². The first-order valence-electron chi connectivity index (χ1n) is 10.6. The standard InChI is InChI=1S/C24H28N2O6Si/c1-31-18-9-7-17(8-10-18)23(25-21(28)14-26-22(29)15-32-24(26)30)20(27)13-16-5-11-19(12-6-16)33(2,3)4/h5-12,23H,13-15H2,1-4H3,(H,25,28). The molecule has 9 heteroatoms. The van der Waals surface area contributed by atoms with Crippen molar-refractivity contribution in [2.45, 2.75) is 32.1 Å². The van der Waals surface area contributed by atoms with Crippen molar-refractivity contribution >= 4 is 37.0 Å². The molecule has 0 spiro atoms. The molecule has 0 saturated carbocycles. The molecule has 174 valence electrons. The second kappa shape index (κ2) is 9.99. The molecule has 3 rings (SSSR count). The number of cyclic esters (lactones) is 1. The molecule has 0 aromatic heterocycles. The highest BCUT2D eigenvalue weighted by atomic mass is 28.3. The normalized spacial score (nSPS) is 14.6. The number of ether oxygens (including phenoxy) is 2. The highest BCUT2D eigenvalue weighted by molar-refractivity contribution is 6.88. The molecule has 33 heavy (non-hydrogen) atoms. The first-order valence-corrected chi connectivity index (χ1v) is 14.1. The molecule has 1 atom stereocenters. The predicted octanol–water partition coefficient (Wildman–Crippen LogP) is 2.19. The number of nitrogens with one attached hydrogen (secondary N) is 1. The van der Waals surface area contributed by atoms with Crippen molar-refractivity contribution in [1.29, 1.82) is 0 Å². The minimum atomic E-state index is -1.45. The van der Waals surface area contributed by atoms with E-state index < -0.39 is 38.6 Å². The molecule has 3 amide bonds. The molecule has 0 aliphatic carbocycles. The smallest absolute Gasteiger partial charge is 0.417 e. The quantitative estimate of drug-likeness (QED) is 0.566. The first-order chi connectivity index (χ1) is 15.6. The molecule has 1 saturated heterocycles. The lowest BCUT2D eigenvalue weighted by atomic mass is 9.97. The Morgan fingerprint density at radius 2 is 1.70 bits per heavy atom. The van der Waals surface area contributed by atoms with Crippen LogP contribution in [0, 0.1) is 0 Å². The number of Topliss-reactive ketones (excluding diaryl/α,β-unsaturated/α-hetero) is 1. The van der Waals surface area contributed by atoms with Crippen LogP contribution in [0.2, 0.25) is 19.6 Å². The van der Waals surface area contributed by atoms with Gasteiger partial charge in [0, 0.05) is 6.42 Å². The minimum absolute atomic E-state index is 0.119. The van der Waals surface area contributed by atoms with Gasteiger partial charge in [-0.1, -0.05) is 61.2 Å². The number of hydrogen-bond donors (Lipinski definition) is 1. The Morgan fingerprint density at radius 3 is 2.21 bits per heavy atom. The largest absolute Gasteiger partial charge is 0.497 e. The molecule has 1 fully saturated rings. The molecule has 0 bridgehead atoms. The Kier molecular flexibility index (Phi) is 7.32. The third-order valence-electron chi connectivity index (χ3n) is 5.42. The van der Waals surface area contributed by atoms with Gasteiger partial charge < -0.3 is 14.8 Å². The summed E-state index contributed by atoms with van der Waals surface area (Å²) in [6, 6.07) is 13.8. The minimum Gasteiger partial charge on any atom is -0.497 e. The van der Waals surface area contributed by atoms with Crippen LogP contribution in [0.1, 0.15) is 17.2 Å². The molecule has 0 radical (unpaired) electrons. The van der Waals surface area contributed by atoms with E-state index in [9.17, 15) is 19.2 Å². The van der Waals surface area contributed by atoms with E-state index in [1.54, 1.807) is 24.3 Å². The zero-order chi connectivity index (χ0) is 24.2. The summed E-state index contributed by atoms with van der Waals surface area (Å²) in [5, 5.41) is 3.96. The Hall–Kier alpha value is -3.46. The van der Waals surface area contributed by atoms with Crippen molar-refractivity contribution in [1.82, 2.24) is 10.2 Å². The van der Waals surface area contributed by atoms with Gasteiger partial charge in [-0.2, -0.15) is 0 Å². The van der Waals surface area contributed by atoms with Crippen LogP contribution < -0.4 is 15.2 Å². The van der Waals surface area contributed by atoms with Crippen LogP contribution in [0.5, 0.6) is 5.75 Å². The molecule has 2 aromatic rings. The summed E-state index contributed by atoms with van der Waals surface area (Å²) < 4.78 is 9.81. The number of nitrogens with zero attached hydrogens (tertiary/aromatic N) is 1. The van der Waals surface area contributed by atoms with E-state index in [-0.39, 0.29) is 18.8 Å². The van der Waals surface area contributed by atoms with E-state index in [4.69, 9.17) is 4.74 Å². The van der Waals surface area contributed by atoms with Gasteiger partial charge in [0.05, 0.1) is 15.2 Å². The number of carbonyl (C=O) groups excluding carboxylic acids is 4. The van der Waals surface area contributed by atoms with Gasteiger partial charge in [-0.3, -0.25) is 14.4 Å². The van der Waals surface area contributed by atoms with E-state index in [0.29, 0.717) is 11.3 Å². The molecule has 1 N–H and O–H groups in total. The number of rotatable bonds is 9. The van der Waals surface area contributed by atoms with Gasteiger partial charge in [0.25, 0.3) is 5.91 Å². The van der Waals surface area contributed by atoms with Crippen molar-refractivity contribution in [3.05, 3.63) is 59.7 Å². The molecule has 1 aliphatic heterocycles. The number of benzene rings is 2. The second-order valence-electron chi connectivity index (χ2n) is 8.90. The van der Waals surface area contributed by atoms with E-state index >= 15 is 0 Å². The van der Waals surface area contributed by atoms with E-state index in [2.05, 4.69) is 41.8 Å². The summed E-state index contributed by atoms with van der Waals surface area (Å²) in [5.41, 5.74) is 1.41. The fourth-order valence-electron chi connectivity index (χ4n) is 3.46. The average molecular weight is 469 g/mol. The van der Waals surface area contributed by atoms with Crippen LogP contribution in [0.3, 0.4) is 0 Å². The fraction of sp³-hybridized carbons (Fsp3) is 0.333. The molecule has 2 aromatic carbocycles. The monoisotopic (exact) mass is 468 g/mol. The van der Waals surface area contributed by atoms with Gasteiger partial charge in [0.1, 0.15) is 18.3 Å². The molecule has 1 heterocycles. The van der Waals surface area contributed by atoms with Crippen molar-refractivity contribution in [2.75, 3.05) is 20.3 Å². The maximum atomic E-state index is 13.2. The van der Waals surface area contributed by atoms with Gasteiger partial charge in [-0.25, -0.2) is 9.69 Å². The second-order valence-corrected chi connectivity index (χ2v) is 14.0. The number of ketones is 1. The van der Waals surface area contributed by atoms with Crippen LogP contribution in [0.25, 0.3) is 0 Å². The van der Waals surface area contributed by atoms with E-state index in [1.807, 2.05) is 12.1 Å². The topological polar surface area (TPSA) is 102 Å². The van der Waals surface area contributed by atoms with Gasteiger partial charge in [0.2, 0.25) is 5.91 Å². The van der Waals surface area contributed by atoms with Crippen LogP contribution in [0.15, 0.2) is 48.5 Å². The Balaban J connectivity index is 1.78. The lowest BCUT2D eigenvalue weighted by Gasteiger charge is -2.20. The van der Waals surface area contributed by atoms with Gasteiger partial charge in [-0.15, -0.1) is 0 Å². The third-order valence-corrected chi connectivity index (χ3v) is 7.48.